The zero-order valence-electron chi connectivity index (χ0n) is 16.7. The van der Waals surface area contributed by atoms with Crippen LogP contribution >= 0.6 is 11.3 Å². The van der Waals surface area contributed by atoms with E-state index in [1.165, 1.54) is 36.6 Å². The fourth-order valence-electron chi connectivity index (χ4n) is 2.65. The second kappa shape index (κ2) is 9.68. The number of benzene rings is 1. The van der Waals surface area contributed by atoms with Crippen LogP contribution in [-0.2, 0) is 19.6 Å². The van der Waals surface area contributed by atoms with E-state index in [1.807, 2.05) is 0 Å². The number of amides is 2. The SMILES string of the molecule is COC(=O)c1cc(-c2ccncc2)sc1NC(=O)CNC(=O)c1cccc(S(N)(=O)=O)c1. The Morgan fingerprint density at radius 2 is 1.84 bits per heavy atom. The van der Waals surface area contributed by atoms with Gasteiger partial charge < -0.3 is 15.4 Å². The molecule has 10 nitrogen and oxygen atoms in total. The molecular weight excluding hydrogens is 456 g/mol. The Morgan fingerprint density at radius 1 is 1.12 bits per heavy atom. The number of hydrogen-bond acceptors (Lipinski definition) is 8. The van der Waals surface area contributed by atoms with Gasteiger partial charge in [0.15, 0.2) is 0 Å². The first-order chi connectivity index (χ1) is 15.2. The number of nitrogens with one attached hydrogen (secondary N) is 2. The van der Waals surface area contributed by atoms with E-state index < -0.39 is 34.4 Å². The van der Waals surface area contributed by atoms with Crippen LogP contribution in [0.4, 0.5) is 5.00 Å². The smallest absolute Gasteiger partial charge is 0.340 e. The molecule has 0 aliphatic carbocycles. The Kier molecular flexibility index (Phi) is 6.98. The summed E-state index contributed by atoms with van der Waals surface area (Å²) in [5.74, 6) is -1.88. The van der Waals surface area contributed by atoms with Crippen molar-refractivity contribution in [2.24, 2.45) is 5.14 Å². The maximum Gasteiger partial charge on any atom is 0.340 e. The molecule has 32 heavy (non-hydrogen) atoms. The number of hydrogen-bond donors (Lipinski definition) is 3. The Bertz CT molecular complexity index is 1270. The fourth-order valence-corrected chi connectivity index (χ4v) is 4.28. The number of carbonyl (C=O) groups excluding carboxylic acids is 3. The van der Waals surface area contributed by atoms with Gasteiger partial charge in [0.25, 0.3) is 5.91 Å². The largest absolute Gasteiger partial charge is 0.465 e. The number of carbonyl (C=O) groups is 3. The minimum absolute atomic E-state index is 0.0238. The van der Waals surface area contributed by atoms with Gasteiger partial charge in [0.1, 0.15) is 5.00 Å². The van der Waals surface area contributed by atoms with Crippen LogP contribution < -0.4 is 15.8 Å². The predicted molar refractivity (Wildman–Crippen MR) is 118 cm³/mol. The highest BCUT2D eigenvalue weighted by molar-refractivity contribution is 7.89. The van der Waals surface area contributed by atoms with Crippen molar-refractivity contribution in [2.75, 3.05) is 19.0 Å². The topological polar surface area (TPSA) is 158 Å². The molecule has 0 spiro atoms. The van der Waals surface area contributed by atoms with Gasteiger partial charge in [-0.3, -0.25) is 14.6 Å². The number of methoxy groups -OCH3 is 1. The van der Waals surface area contributed by atoms with Crippen molar-refractivity contribution in [3.05, 3.63) is 66.0 Å². The summed E-state index contributed by atoms with van der Waals surface area (Å²) in [6.45, 7) is -0.415. The summed E-state index contributed by atoms with van der Waals surface area (Å²) in [6, 6.07) is 10.2. The molecule has 2 amide bonds. The van der Waals surface area contributed by atoms with Gasteiger partial charge in [-0.2, -0.15) is 0 Å². The minimum Gasteiger partial charge on any atom is -0.465 e. The number of esters is 1. The summed E-state index contributed by atoms with van der Waals surface area (Å²) < 4.78 is 27.6. The first-order valence-corrected chi connectivity index (χ1v) is 11.4. The third-order valence-electron chi connectivity index (χ3n) is 4.19. The highest BCUT2D eigenvalue weighted by Gasteiger charge is 2.20. The van der Waals surface area contributed by atoms with Crippen LogP contribution in [0.15, 0.2) is 59.8 Å². The fraction of sp³-hybridized carbons (Fsp3) is 0.100. The molecule has 4 N–H and O–H groups in total. The van der Waals surface area contributed by atoms with Crippen molar-refractivity contribution in [3.63, 3.8) is 0 Å². The molecule has 166 valence electrons. The lowest BCUT2D eigenvalue weighted by Gasteiger charge is -2.08. The average molecular weight is 475 g/mol. The highest BCUT2D eigenvalue weighted by Crippen LogP contribution is 2.35. The van der Waals surface area contributed by atoms with Crippen molar-refractivity contribution in [3.8, 4) is 10.4 Å². The molecule has 2 aromatic heterocycles. The van der Waals surface area contributed by atoms with Crippen molar-refractivity contribution >= 4 is 44.1 Å². The lowest BCUT2D eigenvalue weighted by Crippen LogP contribution is -2.33. The standard InChI is InChI=1S/C20H18N4O6S2/c1-30-20(27)15-10-16(12-5-7-22-8-6-12)31-19(15)24-17(25)11-23-18(26)13-3-2-4-14(9-13)32(21,28)29/h2-10H,11H2,1H3,(H,23,26)(H,24,25)(H2,21,28,29). The van der Waals surface area contributed by atoms with Crippen LogP contribution in [0.1, 0.15) is 20.7 Å². The van der Waals surface area contributed by atoms with Crippen LogP contribution in [0.25, 0.3) is 10.4 Å². The maximum absolute atomic E-state index is 12.4. The molecule has 0 atom stereocenters. The number of rotatable bonds is 7. The van der Waals surface area contributed by atoms with Gasteiger partial charge in [-0.1, -0.05) is 6.07 Å². The number of thiophene rings is 1. The van der Waals surface area contributed by atoms with Crippen LogP contribution in [0.3, 0.4) is 0 Å². The number of sulfonamides is 1. The highest BCUT2D eigenvalue weighted by atomic mass is 32.2. The summed E-state index contributed by atoms with van der Waals surface area (Å²) in [6.07, 6.45) is 3.21. The van der Waals surface area contributed by atoms with Gasteiger partial charge in [0, 0.05) is 22.8 Å². The zero-order valence-corrected chi connectivity index (χ0v) is 18.3. The molecule has 3 aromatic rings. The number of aromatic nitrogens is 1. The summed E-state index contributed by atoms with van der Waals surface area (Å²) in [5, 5.41) is 10.3. The number of pyridine rings is 1. The molecule has 3 rings (SSSR count). The van der Waals surface area contributed by atoms with E-state index in [9.17, 15) is 22.8 Å². The number of anilines is 1. The van der Waals surface area contributed by atoms with Gasteiger partial charge in [0.2, 0.25) is 15.9 Å². The number of ether oxygens (including phenoxy) is 1. The molecule has 0 aliphatic rings. The number of nitrogens with zero attached hydrogens (tertiary/aromatic N) is 1. The molecule has 0 radical (unpaired) electrons. The third-order valence-corrected chi connectivity index (χ3v) is 6.20. The predicted octanol–water partition coefficient (Wildman–Crippen LogP) is 1.61. The average Bonchev–Trinajstić information content (AvgIpc) is 3.20. The quantitative estimate of drug-likeness (QED) is 0.439. The molecule has 2 heterocycles. The first-order valence-electron chi connectivity index (χ1n) is 9.02. The zero-order chi connectivity index (χ0) is 23.3. The van der Waals surface area contributed by atoms with Crippen LogP contribution in [0.2, 0.25) is 0 Å². The van der Waals surface area contributed by atoms with Crippen molar-refractivity contribution < 1.29 is 27.5 Å². The lowest BCUT2D eigenvalue weighted by atomic mass is 10.2. The monoisotopic (exact) mass is 474 g/mol. The molecule has 0 saturated carbocycles. The van der Waals surface area contributed by atoms with Crippen LogP contribution in [-0.4, -0.2) is 44.8 Å². The normalized spacial score (nSPS) is 10.9. The molecule has 0 saturated heterocycles. The van der Waals surface area contributed by atoms with E-state index in [0.29, 0.717) is 4.88 Å². The number of nitrogens with two attached hydrogens (primary N) is 1. The minimum atomic E-state index is -3.97. The molecular formula is C20H18N4O6S2. The second-order valence-electron chi connectivity index (χ2n) is 6.38. The van der Waals surface area contributed by atoms with Crippen molar-refractivity contribution in [1.29, 1.82) is 0 Å². The van der Waals surface area contributed by atoms with Crippen LogP contribution in [0, 0.1) is 0 Å². The Morgan fingerprint density at radius 3 is 2.50 bits per heavy atom. The molecule has 12 heteroatoms. The van der Waals surface area contributed by atoms with Gasteiger partial charge >= 0.3 is 5.97 Å². The Labute approximate surface area is 187 Å². The molecule has 1 aromatic carbocycles. The second-order valence-corrected chi connectivity index (χ2v) is 9.00. The Hall–Kier alpha value is -3.61. The van der Waals surface area contributed by atoms with E-state index in [2.05, 4.69) is 15.6 Å². The van der Waals surface area contributed by atoms with Gasteiger partial charge in [0.05, 0.1) is 24.1 Å². The van der Waals surface area contributed by atoms with E-state index in [4.69, 9.17) is 9.88 Å². The van der Waals surface area contributed by atoms with Crippen molar-refractivity contribution in [1.82, 2.24) is 10.3 Å². The van der Waals surface area contributed by atoms with Gasteiger partial charge in [-0.15, -0.1) is 11.3 Å². The first kappa shape index (κ1) is 23.1. The summed E-state index contributed by atoms with van der Waals surface area (Å²) >= 11 is 1.17. The molecule has 0 aliphatic heterocycles. The number of primary sulfonamides is 1. The van der Waals surface area contributed by atoms with E-state index in [0.717, 1.165) is 11.6 Å². The van der Waals surface area contributed by atoms with Gasteiger partial charge in [-0.25, -0.2) is 18.4 Å². The summed E-state index contributed by atoms with van der Waals surface area (Å²) in [4.78, 5) is 41.2. The Balaban J connectivity index is 1.71. The third kappa shape index (κ3) is 5.55. The molecule has 0 bridgehead atoms. The maximum atomic E-state index is 12.4. The summed E-state index contributed by atoms with van der Waals surface area (Å²) in [7, 11) is -2.74. The van der Waals surface area contributed by atoms with E-state index in [1.54, 1.807) is 30.6 Å². The van der Waals surface area contributed by atoms with Crippen LogP contribution in [0.5, 0.6) is 0 Å². The summed E-state index contributed by atoms with van der Waals surface area (Å²) in [5.41, 5.74) is 0.999. The lowest BCUT2D eigenvalue weighted by molar-refractivity contribution is -0.115. The van der Waals surface area contributed by atoms with Gasteiger partial charge in [-0.05, 0) is 42.0 Å². The van der Waals surface area contributed by atoms with Crippen molar-refractivity contribution in [2.45, 2.75) is 4.90 Å². The van der Waals surface area contributed by atoms with E-state index >= 15 is 0 Å². The molecule has 0 unspecified atom stereocenters. The molecule has 0 fully saturated rings. The van der Waals surface area contributed by atoms with E-state index in [-0.39, 0.29) is 21.0 Å².